The molecular weight excluding hydrogens is 155 g/mol. The van der Waals surface area contributed by atoms with Crippen molar-refractivity contribution < 1.29 is 0 Å². The van der Waals surface area contributed by atoms with Crippen LogP contribution in [-0.2, 0) is 0 Å². The third-order valence-electron chi connectivity index (χ3n) is 4.19. The second-order valence-electron chi connectivity index (χ2n) is 5.38. The second kappa shape index (κ2) is 4.53. The minimum Gasteiger partial charge on any atom is -0.0741 e. The van der Waals surface area contributed by atoms with Crippen LogP contribution in [0.1, 0.15) is 45.4 Å². The summed E-state index contributed by atoms with van der Waals surface area (Å²) in [6, 6.07) is 0. The summed E-state index contributed by atoms with van der Waals surface area (Å²) in [5.41, 5.74) is 0. The lowest BCUT2D eigenvalue weighted by Crippen LogP contribution is -2.31. The van der Waals surface area contributed by atoms with Crippen molar-refractivity contribution in [2.45, 2.75) is 64.4 Å². The summed E-state index contributed by atoms with van der Waals surface area (Å²) < 4.78 is 0. The maximum absolute atomic E-state index is 2.32. The van der Waals surface area contributed by atoms with E-state index in [1.165, 1.54) is 25.6 Å². The topological polar surface area (TPSA) is 0 Å². The fourth-order valence-electron chi connectivity index (χ4n) is 3.60. The Morgan fingerprint density at radius 2 is 1.85 bits per heavy atom. The van der Waals surface area contributed by atoms with Crippen LogP contribution in [0, 0.1) is 11.8 Å². The summed E-state index contributed by atoms with van der Waals surface area (Å²) in [4.78, 5) is 0. The predicted molar refractivity (Wildman–Crippen MR) is 60.5 cm³/mol. The first kappa shape index (κ1) is 9.61. The van der Waals surface area contributed by atoms with E-state index in [1.54, 1.807) is 31.9 Å². The molecular formula is C12H23B. The largest absolute Gasteiger partial charge is 0.140 e. The van der Waals surface area contributed by atoms with Crippen molar-refractivity contribution in [3.8, 4) is 0 Å². The maximum Gasteiger partial charge on any atom is 0.140 e. The molecule has 2 atom stereocenters. The number of hydrogen-bond donors (Lipinski definition) is 0. The molecule has 0 aromatic heterocycles. The fraction of sp³-hybridized carbons (Fsp3) is 1.00. The molecule has 0 nitrogen and oxygen atoms in total. The smallest absolute Gasteiger partial charge is 0.0741 e. The van der Waals surface area contributed by atoms with Crippen LogP contribution in [0.4, 0.5) is 0 Å². The maximum atomic E-state index is 2.32. The van der Waals surface area contributed by atoms with Gasteiger partial charge in [0.1, 0.15) is 6.71 Å². The molecule has 0 amide bonds. The second-order valence-corrected chi connectivity index (χ2v) is 5.38. The van der Waals surface area contributed by atoms with Gasteiger partial charge in [-0.3, -0.25) is 0 Å². The van der Waals surface area contributed by atoms with Gasteiger partial charge in [0, 0.05) is 0 Å². The summed E-state index contributed by atoms with van der Waals surface area (Å²) in [5, 5.41) is 0. The van der Waals surface area contributed by atoms with Gasteiger partial charge in [-0.05, 0) is 18.3 Å². The van der Waals surface area contributed by atoms with Crippen molar-refractivity contribution in [1.82, 2.24) is 0 Å². The van der Waals surface area contributed by atoms with E-state index in [9.17, 15) is 0 Å². The van der Waals surface area contributed by atoms with Crippen LogP contribution in [0.15, 0.2) is 0 Å². The van der Waals surface area contributed by atoms with E-state index < -0.39 is 0 Å². The van der Waals surface area contributed by atoms with E-state index in [0.717, 1.165) is 18.5 Å². The van der Waals surface area contributed by atoms with Crippen LogP contribution in [0.2, 0.25) is 19.0 Å². The van der Waals surface area contributed by atoms with Gasteiger partial charge >= 0.3 is 0 Å². The van der Waals surface area contributed by atoms with E-state index in [4.69, 9.17) is 0 Å². The van der Waals surface area contributed by atoms with Gasteiger partial charge in [-0.1, -0.05) is 58.0 Å². The lowest BCUT2D eigenvalue weighted by Gasteiger charge is -2.37. The molecule has 1 aliphatic carbocycles. The van der Waals surface area contributed by atoms with Gasteiger partial charge in [0.05, 0.1) is 0 Å². The Balaban J connectivity index is 1.80. The Morgan fingerprint density at radius 3 is 2.46 bits per heavy atom. The number of hydrogen-bond acceptors (Lipinski definition) is 0. The highest BCUT2D eigenvalue weighted by Gasteiger charge is 2.32. The molecule has 2 rings (SSSR count). The summed E-state index contributed by atoms with van der Waals surface area (Å²) in [6.07, 6.45) is 13.8. The zero-order chi connectivity index (χ0) is 9.10. The van der Waals surface area contributed by atoms with Crippen LogP contribution in [0.3, 0.4) is 0 Å². The molecule has 1 heteroatoms. The molecule has 0 N–H and O–H groups in total. The first-order valence-electron chi connectivity index (χ1n) is 6.38. The normalized spacial score (nSPS) is 33.5. The van der Waals surface area contributed by atoms with Gasteiger partial charge in [0.15, 0.2) is 0 Å². The van der Waals surface area contributed by atoms with Gasteiger partial charge in [0.25, 0.3) is 0 Å². The van der Waals surface area contributed by atoms with Crippen molar-refractivity contribution in [3.63, 3.8) is 0 Å². The summed E-state index contributed by atoms with van der Waals surface area (Å²) in [7, 11) is 0. The Bertz CT molecular complexity index is 143. The molecule has 0 aromatic rings. The van der Waals surface area contributed by atoms with E-state index in [2.05, 4.69) is 6.92 Å². The SMILES string of the molecule is CCCCB1CC2CCCC(C1)C2. The first-order valence-corrected chi connectivity index (χ1v) is 6.38. The quantitative estimate of drug-likeness (QED) is 0.570. The molecule has 1 saturated carbocycles. The Morgan fingerprint density at radius 1 is 1.15 bits per heavy atom. The molecule has 0 aromatic carbocycles. The average molecular weight is 178 g/mol. The summed E-state index contributed by atoms with van der Waals surface area (Å²) in [5.74, 6) is 2.27. The highest BCUT2D eigenvalue weighted by molar-refractivity contribution is 6.59. The standard InChI is InChI=1S/C12H23B/c1-2-3-7-13-9-11-5-4-6-12(8-11)10-13/h11-12H,2-10H2,1H3. The zero-order valence-electron chi connectivity index (χ0n) is 9.10. The molecule has 2 aliphatic rings. The first-order chi connectivity index (χ1) is 6.38. The van der Waals surface area contributed by atoms with Gasteiger partial charge in [-0.15, -0.1) is 0 Å². The molecule has 1 saturated heterocycles. The Kier molecular flexibility index (Phi) is 3.35. The zero-order valence-corrected chi connectivity index (χ0v) is 9.10. The van der Waals surface area contributed by atoms with E-state index in [0.29, 0.717) is 0 Å². The summed E-state index contributed by atoms with van der Waals surface area (Å²) in [6.45, 7) is 3.44. The molecule has 2 bridgehead atoms. The lowest BCUT2D eigenvalue weighted by atomic mass is 9.34. The van der Waals surface area contributed by atoms with Crippen molar-refractivity contribution in [2.24, 2.45) is 11.8 Å². The number of fused-ring (bicyclic) bond motifs is 2. The van der Waals surface area contributed by atoms with Crippen molar-refractivity contribution in [3.05, 3.63) is 0 Å². The van der Waals surface area contributed by atoms with Gasteiger partial charge < -0.3 is 0 Å². The minimum absolute atomic E-state index is 1.11. The van der Waals surface area contributed by atoms with Gasteiger partial charge in [-0.2, -0.15) is 0 Å². The van der Waals surface area contributed by atoms with Crippen LogP contribution in [-0.4, -0.2) is 6.71 Å². The molecule has 13 heavy (non-hydrogen) atoms. The third kappa shape index (κ3) is 2.51. The number of unbranched alkanes of at least 4 members (excludes halogenated alkanes) is 1. The Hall–Kier alpha value is 0.0649. The lowest BCUT2D eigenvalue weighted by molar-refractivity contribution is 0.281. The monoisotopic (exact) mass is 178 g/mol. The minimum atomic E-state index is 1.11. The molecule has 1 heterocycles. The van der Waals surface area contributed by atoms with Crippen molar-refractivity contribution >= 4 is 6.71 Å². The number of rotatable bonds is 3. The molecule has 2 unspecified atom stereocenters. The van der Waals surface area contributed by atoms with Crippen LogP contribution in [0.25, 0.3) is 0 Å². The summed E-state index contributed by atoms with van der Waals surface area (Å²) >= 11 is 0. The van der Waals surface area contributed by atoms with Crippen LogP contribution >= 0.6 is 0 Å². The van der Waals surface area contributed by atoms with Crippen molar-refractivity contribution in [2.75, 3.05) is 0 Å². The van der Waals surface area contributed by atoms with Gasteiger partial charge in [0.2, 0.25) is 0 Å². The van der Waals surface area contributed by atoms with E-state index in [1.807, 2.05) is 0 Å². The van der Waals surface area contributed by atoms with Gasteiger partial charge in [-0.25, -0.2) is 0 Å². The highest BCUT2D eigenvalue weighted by Crippen LogP contribution is 2.41. The average Bonchev–Trinajstić information content (AvgIpc) is 2.14. The van der Waals surface area contributed by atoms with Crippen LogP contribution < -0.4 is 0 Å². The van der Waals surface area contributed by atoms with Crippen molar-refractivity contribution in [1.29, 1.82) is 0 Å². The Labute approximate surface area is 83.6 Å². The van der Waals surface area contributed by atoms with Crippen LogP contribution in [0.5, 0.6) is 0 Å². The van der Waals surface area contributed by atoms with E-state index >= 15 is 0 Å². The molecule has 2 fully saturated rings. The highest BCUT2D eigenvalue weighted by atomic mass is 14.3. The molecule has 74 valence electrons. The predicted octanol–water partition coefficient (Wildman–Crippen LogP) is 4.10. The third-order valence-corrected chi connectivity index (χ3v) is 4.19. The molecule has 1 aliphatic heterocycles. The fourth-order valence-corrected chi connectivity index (χ4v) is 3.60. The molecule has 0 spiro atoms. The van der Waals surface area contributed by atoms with E-state index in [-0.39, 0.29) is 0 Å². The molecule has 0 radical (unpaired) electrons.